The van der Waals surface area contributed by atoms with Crippen molar-refractivity contribution in [3.63, 3.8) is 0 Å². The van der Waals surface area contributed by atoms with Crippen LogP contribution in [0, 0.1) is 0 Å². The molecule has 8 heteroatoms. The molecule has 0 aliphatic carbocycles. The smallest absolute Gasteiger partial charge is 0.408 e. The topological polar surface area (TPSA) is 75.3 Å². The largest absolute Gasteiger partial charge is 0.441 e. The van der Waals surface area contributed by atoms with E-state index in [-0.39, 0.29) is 17.7 Å². The molecule has 0 bridgehead atoms. The van der Waals surface area contributed by atoms with Crippen molar-refractivity contribution in [2.45, 2.75) is 82.6 Å². The highest BCUT2D eigenvalue weighted by molar-refractivity contribution is 6.74. The van der Waals surface area contributed by atoms with Crippen LogP contribution in [-0.2, 0) is 23.4 Å². The van der Waals surface area contributed by atoms with Crippen LogP contribution < -0.4 is 5.32 Å². The molecule has 0 aromatic carbocycles. The summed E-state index contributed by atoms with van der Waals surface area (Å²) in [7, 11) is -2.15. The zero-order chi connectivity index (χ0) is 18.0. The molecular weight excluding hydrogens is 330 g/mol. The van der Waals surface area contributed by atoms with Gasteiger partial charge in [-0.3, -0.25) is 0 Å². The minimum absolute atomic E-state index is 0.00611. The summed E-state index contributed by atoms with van der Waals surface area (Å²) in [5.74, 6) is -1.82. The van der Waals surface area contributed by atoms with Gasteiger partial charge >= 0.3 is 6.09 Å². The number of nitrogens with one attached hydrogen (secondary N) is 1. The molecule has 4 atom stereocenters. The van der Waals surface area contributed by atoms with Gasteiger partial charge in [-0.25, -0.2) is 4.79 Å². The Labute approximate surface area is 144 Å². The maximum absolute atomic E-state index is 11.7. The number of ether oxygens (including phenoxy) is 4. The molecule has 3 heterocycles. The van der Waals surface area contributed by atoms with Gasteiger partial charge in [-0.15, -0.1) is 0 Å². The number of amides is 1. The zero-order valence-electron chi connectivity index (χ0n) is 15.6. The van der Waals surface area contributed by atoms with Crippen molar-refractivity contribution >= 4 is 14.4 Å². The predicted octanol–water partition coefficient (Wildman–Crippen LogP) is 2.36. The van der Waals surface area contributed by atoms with Crippen LogP contribution >= 0.6 is 0 Å². The van der Waals surface area contributed by atoms with Crippen molar-refractivity contribution in [2.75, 3.05) is 13.2 Å². The summed E-state index contributed by atoms with van der Waals surface area (Å²) in [5.41, 5.74) is 0. The predicted molar refractivity (Wildman–Crippen MR) is 89.1 cm³/mol. The summed E-state index contributed by atoms with van der Waals surface area (Å²) in [5, 5.41) is 2.80. The third-order valence-corrected chi connectivity index (χ3v) is 9.90. The second kappa shape index (κ2) is 5.41. The fraction of sp³-hybridized carbons (Fsp3) is 0.938. The van der Waals surface area contributed by atoms with Crippen LogP contribution in [0.2, 0.25) is 18.1 Å². The number of hydrogen-bond donors (Lipinski definition) is 1. The summed E-state index contributed by atoms with van der Waals surface area (Å²) in [6.45, 7) is 15.1. The standard InChI is InChI=1S/C16H29NO6Si/c1-14(2,3)24(6,7)22-12-11-10(17-13(18)21-11)8-19-16(12)9-20-15(4,5)23-16/h10-12H,8-9H2,1-7H3,(H,17,18)/t10-,11?,12+,16+/m1/s1. The Morgan fingerprint density at radius 2 is 1.92 bits per heavy atom. The molecule has 138 valence electrons. The summed E-state index contributed by atoms with van der Waals surface area (Å²) in [4.78, 5) is 11.7. The third kappa shape index (κ3) is 2.99. The van der Waals surface area contributed by atoms with E-state index in [4.69, 9.17) is 23.4 Å². The molecule has 1 N–H and O–H groups in total. The fourth-order valence-corrected chi connectivity index (χ4v) is 4.36. The molecule has 0 radical (unpaired) electrons. The van der Waals surface area contributed by atoms with Gasteiger partial charge in [0.05, 0.1) is 12.6 Å². The van der Waals surface area contributed by atoms with E-state index in [0.717, 1.165) is 0 Å². The van der Waals surface area contributed by atoms with Crippen LogP contribution in [0.15, 0.2) is 0 Å². The first-order valence-corrected chi connectivity index (χ1v) is 11.4. The molecule has 3 saturated heterocycles. The lowest BCUT2D eigenvalue weighted by Crippen LogP contribution is -2.66. The first kappa shape index (κ1) is 18.1. The fourth-order valence-electron chi connectivity index (χ4n) is 3.06. The lowest BCUT2D eigenvalue weighted by Gasteiger charge is -2.48. The molecule has 3 aliphatic rings. The molecule has 3 rings (SSSR count). The zero-order valence-corrected chi connectivity index (χ0v) is 16.6. The Balaban J connectivity index is 1.93. The number of rotatable bonds is 2. The van der Waals surface area contributed by atoms with Crippen molar-refractivity contribution in [2.24, 2.45) is 0 Å². The van der Waals surface area contributed by atoms with E-state index in [1.54, 1.807) is 0 Å². The van der Waals surface area contributed by atoms with Gasteiger partial charge in [0.15, 0.2) is 20.2 Å². The monoisotopic (exact) mass is 359 g/mol. The molecule has 3 fully saturated rings. The molecule has 24 heavy (non-hydrogen) atoms. The second-order valence-electron chi connectivity index (χ2n) is 8.83. The molecule has 1 spiro atoms. The van der Waals surface area contributed by atoms with Gasteiger partial charge in [0.1, 0.15) is 12.7 Å². The van der Waals surface area contributed by atoms with Crippen LogP contribution in [0.3, 0.4) is 0 Å². The van der Waals surface area contributed by atoms with E-state index in [2.05, 4.69) is 39.2 Å². The van der Waals surface area contributed by atoms with Crippen molar-refractivity contribution in [1.82, 2.24) is 5.32 Å². The van der Waals surface area contributed by atoms with Crippen LogP contribution in [-0.4, -0.2) is 57.4 Å². The van der Waals surface area contributed by atoms with Crippen molar-refractivity contribution in [1.29, 1.82) is 0 Å². The Bertz CT molecular complexity index is 531. The first-order chi connectivity index (χ1) is 10.9. The maximum atomic E-state index is 11.7. The van der Waals surface area contributed by atoms with Gasteiger partial charge in [0.2, 0.25) is 5.79 Å². The van der Waals surface area contributed by atoms with Crippen LogP contribution in [0.4, 0.5) is 4.79 Å². The molecule has 0 aromatic rings. The van der Waals surface area contributed by atoms with E-state index >= 15 is 0 Å². The minimum atomic E-state index is -2.15. The number of carbonyl (C=O) groups is 1. The maximum Gasteiger partial charge on any atom is 0.408 e. The molecular formula is C16H29NO6Si. The van der Waals surface area contributed by atoms with Crippen LogP contribution in [0.25, 0.3) is 0 Å². The Kier molecular flexibility index (Phi) is 4.09. The lowest BCUT2D eigenvalue weighted by atomic mass is 9.96. The SMILES string of the molecule is CC1(C)OC[C@]2(OC[C@H]3NC(=O)OC3[C@@H]2O[Si](C)(C)C(C)(C)C)O1. The van der Waals surface area contributed by atoms with E-state index in [1.165, 1.54) is 0 Å². The Hall–Kier alpha value is -0.673. The lowest BCUT2D eigenvalue weighted by molar-refractivity contribution is -0.316. The van der Waals surface area contributed by atoms with Gasteiger partial charge in [-0.1, -0.05) is 20.8 Å². The number of alkyl carbamates (subject to hydrolysis) is 1. The molecule has 0 saturated carbocycles. The second-order valence-corrected chi connectivity index (χ2v) is 13.6. The summed E-state index contributed by atoms with van der Waals surface area (Å²) >= 11 is 0. The molecule has 1 amide bonds. The van der Waals surface area contributed by atoms with Crippen molar-refractivity contribution < 1.29 is 28.2 Å². The third-order valence-electron chi connectivity index (χ3n) is 5.45. The highest BCUT2D eigenvalue weighted by atomic mass is 28.4. The summed E-state index contributed by atoms with van der Waals surface area (Å²) < 4.78 is 30.1. The van der Waals surface area contributed by atoms with Crippen LogP contribution in [0.1, 0.15) is 34.6 Å². The van der Waals surface area contributed by atoms with E-state index in [0.29, 0.717) is 6.61 Å². The number of hydrogen-bond acceptors (Lipinski definition) is 6. The van der Waals surface area contributed by atoms with Gasteiger partial charge in [-0.05, 0) is 32.0 Å². The van der Waals surface area contributed by atoms with E-state index in [9.17, 15) is 4.79 Å². The highest BCUT2D eigenvalue weighted by Gasteiger charge is 2.63. The average molecular weight is 359 g/mol. The normalized spacial score (nSPS) is 38.8. The Morgan fingerprint density at radius 1 is 1.25 bits per heavy atom. The summed E-state index contributed by atoms with van der Waals surface area (Å²) in [6, 6.07) is -0.231. The van der Waals surface area contributed by atoms with Crippen LogP contribution in [0.5, 0.6) is 0 Å². The van der Waals surface area contributed by atoms with Gasteiger partial charge < -0.3 is 28.7 Å². The Morgan fingerprint density at radius 3 is 2.46 bits per heavy atom. The minimum Gasteiger partial charge on any atom is -0.441 e. The molecule has 3 aliphatic heterocycles. The van der Waals surface area contributed by atoms with E-state index < -0.39 is 38.2 Å². The molecule has 1 unspecified atom stereocenters. The first-order valence-electron chi connectivity index (χ1n) is 8.48. The number of carbonyl (C=O) groups excluding carboxylic acids is 1. The average Bonchev–Trinajstić information content (AvgIpc) is 2.93. The quantitative estimate of drug-likeness (QED) is 0.763. The molecule has 7 nitrogen and oxygen atoms in total. The number of fused-ring (bicyclic) bond motifs is 1. The van der Waals surface area contributed by atoms with Crippen molar-refractivity contribution in [3.8, 4) is 0 Å². The van der Waals surface area contributed by atoms with Gasteiger partial charge in [-0.2, -0.15) is 0 Å². The van der Waals surface area contributed by atoms with Crippen molar-refractivity contribution in [3.05, 3.63) is 0 Å². The van der Waals surface area contributed by atoms with Gasteiger partial charge in [0.25, 0.3) is 0 Å². The molecule has 0 aromatic heterocycles. The van der Waals surface area contributed by atoms with Gasteiger partial charge in [0, 0.05) is 0 Å². The van der Waals surface area contributed by atoms with E-state index in [1.807, 2.05) is 13.8 Å². The highest BCUT2D eigenvalue weighted by Crippen LogP contribution is 2.46. The summed E-state index contributed by atoms with van der Waals surface area (Å²) in [6.07, 6.45) is -1.41.